The Hall–Kier alpha value is -1.40. The van der Waals surface area contributed by atoms with Gasteiger partial charge in [-0.15, -0.1) is 0 Å². The SMILES string of the molecule is CCCCCCCC(CC(=O)OCC)NS(=O)(=O)c1ccc(C)cc1. The lowest BCUT2D eigenvalue weighted by Crippen LogP contribution is -2.36. The summed E-state index contributed by atoms with van der Waals surface area (Å²) in [6.45, 7) is 6.10. The molecule has 0 aromatic heterocycles. The van der Waals surface area contributed by atoms with E-state index < -0.39 is 16.1 Å². The van der Waals surface area contributed by atoms with Crippen LogP contribution in [0.4, 0.5) is 0 Å². The average molecular weight is 370 g/mol. The van der Waals surface area contributed by atoms with Gasteiger partial charge < -0.3 is 4.74 Å². The number of esters is 1. The zero-order valence-corrected chi connectivity index (χ0v) is 16.4. The quantitative estimate of drug-likeness (QED) is 0.447. The number of hydrogen-bond acceptors (Lipinski definition) is 4. The first kappa shape index (κ1) is 21.6. The number of unbranched alkanes of at least 4 members (excludes halogenated alkanes) is 4. The maximum atomic E-state index is 12.6. The zero-order valence-electron chi connectivity index (χ0n) is 15.6. The van der Waals surface area contributed by atoms with E-state index in [4.69, 9.17) is 4.74 Å². The molecule has 0 spiro atoms. The molecule has 1 aromatic carbocycles. The summed E-state index contributed by atoms with van der Waals surface area (Å²) in [6, 6.07) is 6.26. The minimum atomic E-state index is -3.64. The highest BCUT2D eigenvalue weighted by Crippen LogP contribution is 2.15. The Kier molecular flexibility index (Phi) is 9.75. The second-order valence-corrected chi connectivity index (χ2v) is 8.06. The molecule has 0 saturated carbocycles. The maximum Gasteiger partial charge on any atom is 0.307 e. The largest absolute Gasteiger partial charge is 0.466 e. The number of rotatable bonds is 12. The van der Waals surface area contributed by atoms with Crippen molar-refractivity contribution in [2.75, 3.05) is 6.61 Å². The van der Waals surface area contributed by atoms with Gasteiger partial charge in [0.1, 0.15) is 0 Å². The van der Waals surface area contributed by atoms with Crippen LogP contribution in [0.1, 0.15) is 64.4 Å². The van der Waals surface area contributed by atoms with Crippen molar-refractivity contribution in [2.45, 2.75) is 76.7 Å². The molecule has 0 heterocycles. The van der Waals surface area contributed by atoms with E-state index in [0.717, 1.165) is 31.2 Å². The average Bonchev–Trinajstić information content (AvgIpc) is 2.54. The Morgan fingerprint density at radius 2 is 1.72 bits per heavy atom. The number of carbonyl (C=O) groups excluding carboxylic acids is 1. The van der Waals surface area contributed by atoms with E-state index in [1.165, 1.54) is 6.42 Å². The number of carbonyl (C=O) groups is 1. The summed E-state index contributed by atoms with van der Waals surface area (Å²) < 4.78 is 32.8. The Morgan fingerprint density at radius 1 is 1.08 bits per heavy atom. The molecule has 0 bridgehead atoms. The molecule has 1 N–H and O–H groups in total. The molecule has 0 saturated heterocycles. The normalized spacial score (nSPS) is 12.8. The second kappa shape index (κ2) is 11.3. The van der Waals surface area contributed by atoms with Gasteiger partial charge in [0.15, 0.2) is 0 Å². The summed E-state index contributed by atoms with van der Waals surface area (Å²) in [5.41, 5.74) is 0.998. The molecule has 0 fully saturated rings. The first-order valence-electron chi connectivity index (χ1n) is 9.13. The predicted octanol–water partition coefficient (Wildman–Crippen LogP) is 3.96. The molecule has 1 aromatic rings. The third-order valence-corrected chi connectivity index (χ3v) is 5.56. The summed E-state index contributed by atoms with van der Waals surface area (Å²) in [5, 5.41) is 0. The molecule has 0 aliphatic heterocycles. The molecule has 25 heavy (non-hydrogen) atoms. The lowest BCUT2D eigenvalue weighted by Gasteiger charge is -2.18. The first-order chi connectivity index (χ1) is 11.9. The number of nitrogens with one attached hydrogen (secondary N) is 1. The van der Waals surface area contributed by atoms with E-state index in [9.17, 15) is 13.2 Å². The lowest BCUT2D eigenvalue weighted by atomic mass is 10.0. The van der Waals surface area contributed by atoms with Gasteiger partial charge in [0.05, 0.1) is 17.9 Å². The summed E-state index contributed by atoms with van der Waals surface area (Å²) in [4.78, 5) is 12.0. The van der Waals surface area contributed by atoms with Gasteiger partial charge in [-0.05, 0) is 32.4 Å². The van der Waals surface area contributed by atoms with E-state index >= 15 is 0 Å². The molecular weight excluding hydrogens is 338 g/mol. The predicted molar refractivity (Wildman–Crippen MR) is 99.9 cm³/mol. The zero-order chi connectivity index (χ0) is 18.7. The minimum Gasteiger partial charge on any atom is -0.466 e. The van der Waals surface area contributed by atoms with Crippen molar-refractivity contribution in [3.05, 3.63) is 29.8 Å². The van der Waals surface area contributed by atoms with Crippen molar-refractivity contribution in [1.82, 2.24) is 4.72 Å². The fraction of sp³-hybridized carbons (Fsp3) is 0.632. The van der Waals surface area contributed by atoms with Crippen LogP contribution >= 0.6 is 0 Å². The second-order valence-electron chi connectivity index (χ2n) is 6.34. The highest BCUT2D eigenvalue weighted by molar-refractivity contribution is 7.89. The Bertz CT molecular complexity index is 611. The van der Waals surface area contributed by atoms with E-state index in [1.807, 2.05) is 6.92 Å². The molecule has 0 aliphatic rings. The molecule has 0 amide bonds. The summed E-state index contributed by atoms with van der Waals surface area (Å²) in [6.07, 6.45) is 6.09. The van der Waals surface area contributed by atoms with E-state index in [-0.39, 0.29) is 17.3 Å². The van der Waals surface area contributed by atoms with Crippen molar-refractivity contribution >= 4 is 16.0 Å². The van der Waals surface area contributed by atoms with Gasteiger partial charge >= 0.3 is 5.97 Å². The maximum absolute atomic E-state index is 12.6. The Balaban J connectivity index is 2.72. The van der Waals surface area contributed by atoms with E-state index in [1.54, 1.807) is 31.2 Å². The van der Waals surface area contributed by atoms with Gasteiger partial charge in [0, 0.05) is 6.04 Å². The number of hydrogen-bond donors (Lipinski definition) is 1. The Labute approximate surface area is 152 Å². The van der Waals surface area contributed by atoms with Crippen LogP contribution in [-0.2, 0) is 19.6 Å². The Morgan fingerprint density at radius 3 is 2.32 bits per heavy atom. The monoisotopic (exact) mass is 369 g/mol. The van der Waals surface area contributed by atoms with Crippen molar-refractivity contribution in [2.24, 2.45) is 0 Å². The topological polar surface area (TPSA) is 72.5 Å². The van der Waals surface area contributed by atoms with Gasteiger partial charge in [0.25, 0.3) is 0 Å². The van der Waals surface area contributed by atoms with E-state index in [2.05, 4.69) is 11.6 Å². The van der Waals surface area contributed by atoms with Crippen LogP contribution in [-0.4, -0.2) is 27.0 Å². The lowest BCUT2D eigenvalue weighted by molar-refractivity contribution is -0.143. The van der Waals surface area contributed by atoms with Crippen LogP contribution in [0.2, 0.25) is 0 Å². The fourth-order valence-electron chi connectivity index (χ4n) is 2.62. The van der Waals surface area contributed by atoms with Crippen molar-refractivity contribution < 1.29 is 17.9 Å². The minimum absolute atomic E-state index is 0.0622. The number of ether oxygens (including phenoxy) is 1. The number of aryl methyl sites for hydroxylation is 1. The molecule has 1 unspecified atom stereocenters. The van der Waals surface area contributed by atoms with Gasteiger partial charge in [-0.1, -0.05) is 56.7 Å². The van der Waals surface area contributed by atoms with Crippen molar-refractivity contribution in [3.63, 3.8) is 0 Å². The molecule has 142 valence electrons. The summed E-state index contributed by atoms with van der Waals surface area (Å²) in [5.74, 6) is -0.368. The fourth-order valence-corrected chi connectivity index (χ4v) is 3.89. The summed E-state index contributed by atoms with van der Waals surface area (Å²) >= 11 is 0. The van der Waals surface area contributed by atoms with Gasteiger partial charge in [0.2, 0.25) is 10.0 Å². The number of sulfonamides is 1. The third-order valence-electron chi connectivity index (χ3n) is 4.03. The van der Waals surface area contributed by atoms with Gasteiger partial charge in [-0.3, -0.25) is 4.79 Å². The summed E-state index contributed by atoms with van der Waals surface area (Å²) in [7, 11) is -3.64. The van der Waals surface area contributed by atoms with Gasteiger partial charge in [-0.2, -0.15) is 0 Å². The smallest absolute Gasteiger partial charge is 0.307 e. The van der Waals surface area contributed by atoms with Crippen LogP contribution in [0.5, 0.6) is 0 Å². The van der Waals surface area contributed by atoms with Crippen molar-refractivity contribution in [1.29, 1.82) is 0 Å². The van der Waals surface area contributed by atoms with Crippen LogP contribution in [0.3, 0.4) is 0 Å². The standard InChI is InChI=1S/C19H31NO4S/c1-4-6-7-8-9-10-17(15-19(21)24-5-2)20-25(22,23)18-13-11-16(3)12-14-18/h11-14,17,20H,4-10,15H2,1-3H3. The molecule has 0 radical (unpaired) electrons. The molecule has 1 rings (SSSR count). The van der Waals surface area contributed by atoms with Crippen LogP contribution < -0.4 is 4.72 Å². The molecule has 5 nitrogen and oxygen atoms in total. The molecule has 1 atom stereocenters. The molecule has 0 aliphatic carbocycles. The third kappa shape index (κ3) is 8.50. The molecular formula is C19H31NO4S. The van der Waals surface area contributed by atoms with Crippen LogP contribution in [0.15, 0.2) is 29.2 Å². The van der Waals surface area contributed by atoms with E-state index in [0.29, 0.717) is 13.0 Å². The first-order valence-corrected chi connectivity index (χ1v) is 10.6. The van der Waals surface area contributed by atoms with Crippen LogP contribution in [0.25, 0.3) is 0 Å². The van der Waals surface area contributed by atoms with Gasteiger partial charge in [-0.25, -0.2) is 13.1 Å². The highest BCUT2D eigenvalue weighted by atomic mass is 32.2. The van der Waals surface area contributed by atoms with Crippen molar-refractivity contribution in [3.8, 4) is 0 Å². The molecule has 6 heteroatoms. The number of benzene rings is 1. The highest BCUT2D eigenvalue weighted by Gasteiger charge is 2.22. The van der Waals surface area contributed by atoms with Crippen LogP contribution in [0, 0.1) is 6.92 Å².